The van der Waals surface area contributed by atoms with Gasteiger partial charge in [0, 0.05) is 26.9 Å². The lowest BCUT2D eigenvalue weighted by Gasteiger charge is -2.25. The molecule has 0 aromatic heterocycles. The van der Waals surface area contributed by atoms with Gasteiger partial charge in [-0.05, 0) is 13.0 Å². The third-order valence-corrected chi connectivity index (χ3v) is 5.26. The summed E-state index contributed by atoms with van der Waals surface area (Å²) in [5.41, 5.74) is 0.314. The quantitative estimate of drug-likeness (QED) is 0.340. The number of ether oxygens (including phenoxy) is 1. The number of carbonyl (C=O) groups is 1. The lowest BCUT2D eigenvalue weighted by atomic mass is 10.3. The van der Waals surface area contributed by atoms with E-state index in [-0.39, 0.29) is 0 Å². The molecule has 0 bridgehead atoms. The third kappa shape index (κ3) is 3.30. The first-order valence-corrected chi connectivity index (χ1v) is 7.36. The highest BCUT2D eigenvalue weighted by Crippen LogP contribution is 2.17. The van der Waals surface area contributed by atoms with E-state index in [1.165, 1.54) is 21.3 Å². The van der Waals surface area contributed by atoms with Crippen molar-refractivity contribution in [2.75, 3.05) is 21.3 Å². The van der Waals surface area contributed by atoms with Crippen LogP contribution in [0.25, 0.3) is 0 Å². The molecule has 0 fully saturated rings. The molecule has 0 radical (unpaired) electrons. The predicted octanol–water partition coefficient (Wildman–Crippen LogP) is 1.25. The first-order chi connectivity index (χ1) is 9.00. The summed E-state index contributed by atoms with van der Waals surface area (Å²) in [5, 5.41) is 0.595. The molecule has 0 N–H and O–H groups in total. The van der Waals surface area contributed by atoms with Gasteiger partial charge in [0.05, 0.1) is 5.19 Å². The number of hydrogen-bond acceptors (Lipinski definition) is 5. The van der Waals surface area contributed by atoms with Crippen LogP contribution in [0, 0.1) is 0 Å². The summed E-state index contributed by atoms with van der Waals surface area (Å²) in [4.78, 5) is 11.6. The van der Waals surface area contributed by atoms with E-state index in [0.29, 0.717) is 16.5 Å². The van der Waals surface area contributed by atoms with E-state index in [4.69, 9.17) is 18.0 Å². The molecule has 19 heavy (non-hydrogen) atoms. The van der Waals surface area contributed by atoms with Crippen LogP contribution in [0.1, 0.15) is 6.92 Å². The van der Waals surface area contributed by atoms with Crippen LogP contribution in [0.5, 0.6) is 5.75 Å². The normalized spacial score (nSPS) is 11.2. The number of rotatable bonds is 6. The number of carbonyl (C=O) groups excluding carboxylic acids is 1. The number of benzene rings is 1. The molecule has 0 heterocycles. The van der Waals surface area contributed by atoms with Crippen molar-refractivity contribution < 1.29 is 22.8 Å². The lowest BCUT2D eigenvalue weighted by Crippen LogP contribution is -2.55. The van der Waals surface area contributed by atoms with Crippen LogP contribution in [0.15, 0.2) is 36.4 Å². The Kier molecular flexibility index (Phi) is 5.43. The van der Waals surface area contributed by atoms with Crippen molar-refractivity contribution in [1.29, 1.82) is 0 Å². The molecular formula is C13H18O5Si. The maximum atomic E-state index is 11.6. The predicted molar refractivity (Wildman–Crippen MR) is 73.3 cm³/mol. The summed E-state index contributed by atoms with van der Waals surface area (Å²) >= 11 is 0. The highest BCUT2D eigenvalue weighted by molar-refractivity contribution is 6.76. The van der Waals surface area contributed by atoms with Gasteiger partial charge >= 0.3 is 14.8 Å². The van der Waals surface area contributed by atoms with Crippen molar-refractivity contribution in [3.8, 4) is 5.75 Å². The average molecular weight is 282 g/mol. The molecule has 0 aliphatic carbocycles. The van der Waals surface area contributed by atoms with Crippen molar-refractivity contribution in [3.05, 3.63) is 36.4 Å². The van der Waals surface area contributed by atoms with Gasteiger partial charge in [0.25, 0.3) is 0 Å². The van der Waals surface area contributed by atoms with Gasteiger partial charge in [-0.1, -0.05) is 24.8 Å². The van der Waals surface area contributed by atoms with Gasteiger partial charge in [0.1, 0.15) is 5.75 Å². The molecule has 0 amide bonds. The molecule has 0 spiro atoms. The van der Waals surface area contributed by atoms with Gasteiger partial charge in [0.2, 0.25) is 0 Å². The smallest absolute Gasteiger partial charge is 0.423 e. The number of para-hydroxylation sites is 1. The Morgan fingerprint density at radius 2 is 1.63 bits per heavy atom. The fourth-order valence-electron chi connectivity index (χ4n) is 1.58. The van der Waals surface area contributed by atoms with Crippen LogP contribution in [0.3, 0.4) is 0 Å². The van der Waals surface area contributed by atoms with Crippen molar-refractivity contribution in [2.24, 2.45) is 0 Å². The van der Waals surface area contributed by atoms with Gasteiger partial charge in [0.15, 0.2) is 0 Å². The second-order valence-corrected chi connectivity index (χ2v) is 6.71. The van der Waals surface area contributed by atoms with Crippen LogP contribution in [0.4, 0.5) is 0 Å². The molecule has 0 saturated carbocycles. The van der Waals surface area contributed by atoms with Gasteiger partial charge in [-0.15, -0.1) is 0 Å². The Labute approximate surface area is 114 Å². The molecule has 0 saturated heterocycles. The zero-order chi connectivity index (χ0) is 14.5. The molecule has 5 nitrogen and oxygen atoms in total. The van der Waals surface area contributed by atoms with E-state index >= 15 is 0 Å². The highest BCUT2D eigenvalue weighted by atomic mass is 28.4. The van der Waals surface area contributed by atoms with Crippen LogP contribution in [-0.4, -0.2) is 36.1 Å². The second kappa shape index (κ2) is 6.62. The van der Waals surface area contributed by atoms with E-state index in [9.17, 15) is 4.79 Å². The Morgan fingerprint density at radius 1 is 1.11 bits per heavy atom. The van der Waals surface area contributed by atoms with Crippen molar-refractivity contribution in [2.45, 2.75) is 6.92 Å². The third-order valence-electron chi connectivity index (χ3n) is 2.57. The molecule has 0 aliphatic heterocycles. The van der Waals surface area contributed by atoms with E-state index < -0.39 is 14.8 Å². The van der Waals surface area contributed by atoms with Gasteiger partial charge in [-0.25, -0.2) is 4.79 Å². The standard InChI is InChI=1S/C13H18O5Si/c1-10(2)13(14)18-11-8-6-7-9-12(11)19(15-3,16-4)17-5/h6-9H,1H2,2-5H3. The zero-order valence-corrected chi connectivity index (χ0v) is 12.6. The molecule has 0 aliphatic rings. The van der Waals surface area contributed by atoms with Crippen molar-refractivity contribution in [1.82, 2.24) is 0 Å². The topological polar surface area (TPSA) is 54.0 Å². The summed E-state index contributed by atoms with van der Waals surface area (Å²) in [6, 6.07) is 6.97. The minimum Gasteiger partial charge on any atom is -0.423 e. The Morgan fingerprint density at radius 3 is 2.11 bits per heavy atom. The Hall–Kier alpha value is -1.47. The number of esters is 1. The maximum absolute atomic E-state index is 11.6. The van der Waals surface area contributed by atoms with Crippen LogP contribution < -0.4 is 9.92 Å². The number of hydrogen-bond donors (Lipinski definition) is 0. The maximum Gasteiger partial charge on any atom is 0.540 e. The fraction of sp³-hybridized carbons (Fsp3) is 0.308. The summed E-state index contributed by atoms with van der Waals surface area (Å²) in [7, 11) is 1.44. The van der Waals surface area contributed by atoms with Crippen LogP contribution in [0.2, 0.25) is 0 Å². The summed E-state index contributed by atoms with van der Waals surface area (Å²) in [6.45, 7) is 5.13. The van der Waals surface area contributed by atoms with Gasteiger partial charge in [-0.2, -0.15) is 0 Å². The Bertz CT molecular complexity index is 460. The first kappa shape index (κ1) is 15.6. The molecule has 1 aromatic carbocycles. The SMILES string of the molecule is C=C(C)C(=O)Oc1ccccc1[Si](OC)(OC)OC. The molecule has 1 aromatic rings. The zero-order valence-electron chi connectivity index (χ0n) is 11.6. The monoisotopic (exact) mass is 282 g/mol. The van der Waals surface area contributed by atoms with E-state index in [1.54, 1.807) is 31.2 Å². The average Bonchev–Trinajstić information content (AvgIpc) is 2.43. The molecule has 1 rings (SSSR count). The first-order valence-electron chi connectivity index (χ1n) is 5.63. The highest BCUT2D eigenvalue weighted by Gasteiger charge is 2.43. The molecule has 6 heteroatoms. The second-order valence-electron chi connectivity index (χ2n) is 3.83. The fourth-order valence-corrected chi connectivity index (χ4v) is 3.47. The van der Waals surface area contributed by atoms with Crippen LogP contribution >= 0.6 is 0 Å². The Balaban J connectivity index is 3.21. The largest absolute Gasteiger partial charge is 0.540 e. The van der Waals surface area contributed by atoms with Crippen LogP contribution in [-0.2, 0) is 18.1 Å². The van der Waals surface area contributed by atoms with Gasteiger partial charge in [-0.3, -0.25) is 0 Å². The molecule has 0 unspecified atom stereocenters. The minimum absolute atomic E-state index is 0.314. The minimum atomic E-state index is -3.05. The molecule has 0 atom stereocenters. The van der Waals surface area contributed by atoms with E-state index in [1.807, 2.05) is 0 Å². The van der Waals surface area contributed by atoms with Gasteiger partial charge < -0.3 is 18.0 Å². The van der Waals surface area contributed by atoms with Crippen molar-refractivity contribution in [3.63, 3.8) is 0 Å². The summed E-state index contributed by atoms with van der Waals surface area (Å²) in [5.74, 6) is -0.147. The summed E-state index contributed by atoms with van der Waals surface area (Å²) < 4.78 is 21.4. The van der Waals surface area contributed by atoms with Crippen molar-refractivity contribution >= 4 is 20.0 Å². The molecule has 104 valence electrons. The lowest BCUT2D eigenvalue weighted by molar-refractivity contribution is -0.130. The van der Waals surface area contributed by atoms with E-state index in [0.717, 1.165) is 0 Å². The summed E-state index contributed by atoms with van der Waals surface area (Å²) in [6.07, 6.45) is 0. The molecular weight excluding hydrogens is 264 g/mol. The van der Waals surface area contributed by atoms with E-state index in [2.05, 4.69) is 6.58 Å².